The lowest BCUT2D eigenvalue weighted by molar-refractivity contribution is 0.112. The molecule has 0 unspecified atom stereocenters. The van der Waals surface area contributed by atoms with Gasteiger partial charge in [0.1, 0.15) is 17.9 Å². The van der Waals surface area contributed by atoms with Crippen LogP contribution >= 0.6 is 0 Å². The van der Waals surface area contributed by atoms with Crippen LogP contribution in [0.2, 0.25) is 0 Å². The zero-order valence-corrected chi connectivity index (χ0v) is 12.2. The van der Waals surface area contributed by atoms with Crippen molar-refractivity contribution in [1.29, 1.82) is 0 Å². The van der Waals surface area contributed by atoms with Gasteiger partial charge >= 0.3 is 0 Å². The minimum absolute atomic E-state index is 0.259. The van der Waals surface area contributed by atoms with Crippen molar-refractivity contribution in [3.63, 3.8) is 0 Å². The van der Waals surface area contributed by atoms with Gasteiger partial charge in [0, 0.05) is 24.2 Å². The molecule has 0 aliphatic carbocycles. The van der Waals surface area contributed by atoms with E-state index in [9.17, 15) is 9.18 Å². The molecule has 0 amide bonds. The topological polar surface area (TPSA) is 29.5 Å². The van der Waals surface area contributed by atoms with Crippen LogP contribution in [-0.2, 0) is 6.54 Å². The standard InChI is InChI=1S/C17H18FNO2/c1-3-19(16-7-5-4-6-15(16)18)11-14-10-13(12-20)8-9-17(14)21-2/h4-10,12H,3,11H2,1-2H3. The molecule has 0 spiro atoms. The molecule has 0 atom stereocenters. The van der Waals surface area contributed by atoms with Gasteiger partial charge in [-0.1, -0.05) is 12.1 Å². The Morgan fingerprint density at radius 3 is 2.62 bits per heavy atom. The molecule has 0 aliphatic rings. The third-order valence-electron chi connectivity index (χ3n) is 3.38. The van der Waals surface area contributed by atoms with Crippen LogP contribution < -0.4 is 9.64 Å². The molecular weight excluding hydrogens is 269 g/mol. The highest BCUT2D eigenvalue weighted by Gasteiger charge is 2.13. The van der Waals surface area contributed by atoms with E-state index in [1.54, 1.807) is 43.5 Å². The maximum Gasteiger partial charge on any atom is 0.150 e. The molecular formula is C17H18FNO2. The van der Waals surface area contributed by atoms with Crippen molar-refractivity contribution in [3.05, 3.63) is 59.4 Å². The third-order valence-corrected chi connectivity index (χ3v) is 3.38. The highest BCUT2D eigenvalue weighted by atomic mass is 19.1. The molecule has 0 fully saturated rings. The van der Waals surface area contributed by atoms with Gasteiger partial charge in [0.15, 0.2) is 0 Å². The van der Waals surface area contributed by atoms with Gasteiger partial charge in [-0.05, 0) is 37.3 Å². The normalized spacial score (nSPS) is 10.2. The van der Waals surface area contributed by atoms with E-state index in [0.29, 0.717) is 30.1 Å². The molecule has 0 N–H and O–H groups in total. The number of nitrogens with zero attached hydrogens (tertiary/aromatic N) is 1. The highest BCUT2D eigenvalue weighted by molar-refractivity contribution is 5.75. The second kappa shape index (κ2) is 6.88. The molecule has 0 aromatic heterocycles. The van der Waals surface area contributed by atoms with Gasteiger partial charge < -0.3 is 9.64 Å². The summed E-state index contributed by atoms with van der Waals surface area (Å²) in [7, 11) is 1.58. The van der Waals surface area contributed by atoms with Gasteiger partial charge in [0.2, 0.25) is 0 Å². The number of methoxy groups -OCH3 is 1. The zero-order valence-electron chi connectivity index (χ0n) is 12.2. The Morgan fingerprint density at radius 2 is 2.00 bits per heavy atom. The predicted molar refractivity (Wildman–Crippen MR) is 81.5 cm³/mol. The van der Waals surface area contributed by atoms with Crippen LogP contribution in [0.3, 0.4) is 0 Å². The Labute approximate surface area is 124 Å². The van der Waals surface area contributed by atoms with Crippen LogP contribution in [-0.4, -0.2) is 19.9 Å². The first-order chi connectivity index (χ1) is 10.2. The van der Waals surface area contributed by atoms with Crippen molar-refractivity contribution < 1.29 is 13.9 Å². The van der Waals surface area contributed by atoms with Gasteiger partial charge in [-0.2, -0.15) is 0 Å². The number of benzene rings is 2. The lowest BCUT2D eigenvalue weighted by Crippen LogP contribution is -2.23. The number of carbonyl (C=O) groups is 1. The van der Waals surface area contributed by atoms with E-state index in [-0.39, 0.29) is 5.82 Å². The van der Waals surface area contributed by atoms with Gasteiger partial charge in [-0.3, -0.25) is 4.79 Å². The van der Waals surface area contributed by atoms with E-state index in [1.807, 2.05) is 11.8 Å². The number of anilines is 1. The van der Waals surface area contributed by atoms with Crippen molar-refractivity contribution in [2.75, 3.05) is 18.6 Å². The van der Waals surface area contributed by atoms with Gasteiger partial charge in [0.05, 0.1) is 12.8 Å². The summed E-state index contributed by atoms with van der Waals surface area (Å²) in [5.41, 5.74) is 1.97. The Hall–Kier alpha value is -2.36. The summed E-state index contributed by atoms with van der Waals surface area (Å²) in [5, 5.41) is 0. The smallest absolute Gasteiger partial charge is 0.150 e. The molecule has 2 rings (SSSR count). The van der Waals surface area contributed by atoms with Gasteiger partial charge in [-0.25, -0.2) is 4.39 Å². The highest BCUT2D eigenvalue weighted by Crippen LogP contribution is 2.25. The largest absolute Gasteiger partial charge is 0.496 e. The molecule has 0 saturated carbocycles. The Bertz CT molecular complexity index is 628. The summed E-state index contributed by atoms with van der Waals surface area (Å²) in [6, 6.07) is 11.9. The predicted octanol–water partition coefficient (Wildman–Crippen LogP) is 3.67. The fraction of sp³-hybridized carbons (Fsp3) is 0.235. The maximum absolute atomic E-state index is 13.9. The Morgan fingerprint density at radius 1 is 1.24 bits per heavy atom. The summed E-state index contributed by atoms with van der Waals surface area (Å²) < 4.78 is 19.2. The van der Waals surface area contributed by atoms with E-state index < -0.39 is 0 Å². The summed E-state index contributed by atoms with van der Waals surface area (Å²) in [4.78, 5) is 12.8. The summed E-state index contributed by atoms with van der Waals surface area (Å²) >= 11 is 0. The average molecular weight is 287 g/mol. The van der Waals surface area contributed by atoms with E-state index in [4.69, 9.17) is 4.74 Å². The number of ether oxygens (including phenoxy) is 1. The lowest BCUT2D eigenvalue weighted by atomic mass is 10.1. The first kappa shape index (κ1) is 15.0. The molecule has 21 heavy (non-hydrogen) atoms. The third kappa shape index (κ3) is 3.40. The summed E-state index contributed by atoms with van der Waals surface area (Å²) in [6.45, 7) is 3.08. The lowest BCUT2D eigenvalue weighted by Gasteiger charge is -2.24. The first-order valence-corrected chi connectivity index (χ1v) is 6.81. The second-order valence-corrected chi connectivity index (χ2v) is 4.65. The number of carbonyl (C=O) groups excluding carboxylic acids is 1. The quantitative estimate of drug-likeness (QED) is 0.759. The van der Waals surface area contributed by atoms with Crippen molar-refractivity contribution in [3.8, 4) is 5.75 Å². The number of aldehydes is 1. The summed E-state index contributed by atoms with van der Waals surface area (Å²) in [6.07, 6.45) is 0.794. The molecule has 0 aliphatic heterocycles. The Kier molecular flexibility index (Phi) is 4.93. The molecule has 3 nitrogen and oxygen atoms in total. The van der Waals surface area contributed by atoms with E-state index >= 15 is 0 Å². The molecule has 0 saturated heterocycles. The minimum Gasteiger partial charge on any atom is -0.496 e. The molecule has 0 radical (unpaired) electrons. The van der Waals surface area contributed by atoms with Crippen LogP contribution in [0.1, 0.15) is 22.8 Å². The van der Waals surface area contributed by atoms with Crippen molar-refractivity contribution in [1.82, 2.24) is 0 Å². The first-order valence-electron chi connectivity index (χ1n) is 6.81. The number of hydrogen-bond acceptors (Lipinski definition) is 3. The van der Waals surface area contributed by atoms with Crippen molar-refractivity contribution in [2.45, 2.75) is 13.5 Å². The zero-order chi connectivity index (χ0) is 15.2. The van der Waals surface area contributed by atoms with E-state index in [1.165, 1.54) is 6.07 Å². The summed E-state index contributed by atoms with van der Waals surface area (Å²) in [5.74, 6) is 0.431. The van der Waals surface area contributed by atoms with Crippen LogP contribution in [0.5, 0.6) is 5.75 Å². The molecule has 0 heterocycles. The SMILES string of the molecule is CCN(Cc1cc(C=O)ccc1OC)c1ccccc1F. The number of para-hydroxylation sites is 1. The molecule has 0 bridgehead atoms. The fourth-order valence-electron chi connectivity index (χ4n) is 2.28. The van der Waals surface area contributed by atoms with E-state index in [2.05, 4.69) is 0 Å². The monoisotopic (exact) mass is 287 g/mol. The van der Waals surface area contributed by atoms with Crippen molar-refractivity contribution in [2.24, 2.45) is 0 Å². The van der Waals surface area contributed by atoms with Gasteiger partial charge in [-0.15, -0.1) is 0 Å². The number of halogens is 1. The van der Waals surface area contributed by atoms with Crippen LogP contribution in [0.15, 0.2) is 42.5 Å². The van der Waals surface area contributed by atoms with Crippen LogP contribution in [0, 0.1) is 5.82 Å². The Balaban J connectivity index is 2.34. The number of rotatable bonds is 6. The minimum atomic E-state index is -0.259. The molecule has 2 aromatic rings. The maximum atomic E-state index is 13.9. The fourth-order valence-corrected chi connectivity index (χ4v) is 2.28. The number of hydrogen-bond donors (Lipinski definition) is 0. The molecule has 110 valence electrons. The van der Waals surface area contributed by atoms with E-state index in [0.717, 1.165) is 11.8 Å². The molecule has 2 aromatic carbocycles. The second-order valence-electron chi connectivity index (χ2n) is 4.65. The van der Waals surface area contributed by atoms with Crippen LogP contribution in [0.25, 0.3) is 0 Å². The average Bonchev–Trinajstić information content (AvgIpc) is 2.53. The van der Waals surface area contributed by atoms with Gasteiger partial charge in [0.25, 0.3) is 0 Å². The van der Waals surface area contributed by atoms with Crippen molar-refractivity contribution >= 4 is 12.0 Å². The molecule has 4 heteroatoms. The van der Waals surface area contributed by atoms with Crippen LogP contribution in [0.4, 0.5) is 10.1 Å².